The fourth-order valence-electron chi connectivity index (χ4n) is 1.87. The summed E-state index contributed by atoms with van der Waals surface area (Å²) >= 11 is 3.27. The minimum absolute atomic E-state index is 0.245. The Kier molecular flexibility index (Phi) is 4.04. The van der Waals surface area contributed by atoms with E-state index in [-0.39, 0.29) is 5.75 Å². The van der Waals surface area contributed by atoms with Crippen LogP contribution in [-0.4, -0.2) is 35.6 Å². The zero-order valence-electron chi connectivity index (χ0n) is 9.45. The number of benzene rings is 1. The first kappa shape index (κ1) is 12.8. The molecule has 0 bridgehead atoms. The van der Waals surface area contributed by atoms with Crippen LogP contribution in [-0.2, 0) is 11.3 Å². The molecule has 1 aliphatic rings. The van der Waals surface area contributed by atoms with E-state index in [4.69, 9.17) is 4.74 Å². The van der Waals surface area contributed by atoms with Gasteiger partial charge in [0.15, 0.2) is 0 Å². The number of rotatable bonds is 4. The number of nitrogens with one attached hydrogen (secondary N) is 1. The van der Waals surface area contributed by atoms with E-state index in [9.17, 15) is 10.2 Å². The third-order valence-corrected chi connectivity index (χ3v) is 3.56. The molecule has 5 heteroatoms. The topological polar surface area (TPSA) is 61.7 Å². The zero-order valence-corrected chi connectivity index (χ0v) is 11.0. The van der Waals surface area contributed by atoms with Crippen LogP contribution in [0.4, 0.5) is 0 Å². The molecule has 1 aromatic rings. The number of para-hydroxylation sites is 1. The number of phenolic OH excluding ortho intramolecular Hbond substituents is 1. The first-order chi connectivity index (χ1) is 8.11. The summed E-state index contributed by atoms with van der Waals surface area (Å²) < 4.78 is 5.84. The lowest BCUT2D eigenvalue weighted by Crippen LogP contribution is -2.40. The van der Waals surface area contributed by atoms with Gasteiger partial charge >= 0.3 is 0 Å². The summed E-state index contributed by atoms with van der Waals surface area (Å²) in [5.74, 6) is 0.245. The highest BCUT2D eigenvalue weighted by Crippen LogP contribution is 2.27. The van der Waals surface area contributed by atoms with E-state index in [1.54, 1.807) is 6.07 Å². The number of hydrogen-bond acceptors (Lipinski definition) is 4. The van der Waals surface area contributed by atoms with Gasteiger partial charge in [-0.05, 0) is 22.0 Å². The molecule has 0 spiro atoms. The Morgan fingerprint density at radius 2 is 2.29 bits per heavy atom. The summed E-state index contributed by atoms with van der Waals surface area (Å²) in [6.07, 6.45) is 0.657. The smallest absolute Gasteiger partial charge is 0.134 e. The molecule has 17 heavy (non-hydrogen) atoms. The average Bonchev–Trinajstić information content (AvgIpc) is 2.72. The van der Waals surface area contributed by atoms with Crippen LogP contribution < -0.4 is 5.32 Å². The molecule has 0 amide bonds. The maximum absolute atomic E-state index is 10.0. The van der Waals surface area contributed by atoms with Gasteiger partial charge in [0, 0.05) is 31.7 Å². The van der Waals surface area contributed by atoms with Crippen LogP contribution in [0, 0.1) is 0 Å². The third-order valence-electron chi connectivity index (χ3n) is 2.92. The Balaban J connectivity index is 1.88. The van der Waals surface area contributed by atoms with Gasteiger partial charge in [-0.2, -0.15) is 0 Å². The van der Waals surface area contributed by atoms with Crippen LogP contribution in [0.25, 0.3) is 0 Å². The normalized spacial score (nSPS) is 24.1. The van der Waals surface area contributed by atoms with Crippen LogP contribution in [0.1, 0.15) is 12.0 Å². The summed E-state index contributed by atoms with van der Waals surface area (Å²) in [5, 5.41) is 23.0. The number of aromatic hydroxyl groups is 1. The van der Waals surface area contributed by atoms with Crippen molar-refractivity contribution in [3.05, 3.63) is 28.2 Å². The second-order valence-electron chi connectivity index (χ2n) is 4.38. The predicted octanol–water partition coefficient (Wildman–Crippen LogP) is 1.40. The second-order valence-corrected chi connectivity index (χ2v) is 5.23. The van der Waals surface area contributed by atoms with E-state index >= 15 is 0 Å². The third kappa shape index (κ3) is 3.19. The Morgan fingerprint density at radius 1 is 1.47 bits per heavy atom. The molecule has 3 N–H and O–H groups in total. The summed E-state index contributed by atoms with van der Waals surface area (Å²) in [7, 11) is 0. The maximum atomic E-state index is 10.0. The van der Waals surface area contributed by atoms with Crippen molar-refractivity contribution in [1.29, 1.82) is 0 Å². The molecule has 4 nitrogen and oxygen atoms in total. The second kappa shape index (κ2) is 5.35. The Hall–Kier alpha value is -0.620. The Morgan fingerprint density at radius 3 is 3.00 bits per heavy atom. The molecule has 0 aromatic heterocycles. The van der Waals surface area contributed by atoms with Crippen molar-refractivity contribution in [1.82, 2.24) is 5.32 Å². The van der Waals surface area contributed by atoms with Crippen molar-refractivity contribution >= 4 is 15.9 Å². The molecule has 1 aromatic carbocycles. The summed E-state index contributed by atoms with van der Waals surface area (Å²) in [6.45, 7) is 1.98. The van der Waals surface area contributed by atoms with Gasteiger partial charge in [-0.25, -0.2) is 0 Å². The van der Waals surface area contributed by atoms with Crippen LogP contribution in [0.2, 0.25) is 0 Å². The molecule has 1 heterocycles. The van der Waals surface area contributed by atoms with E-state index in [1.165, 1.54) is 0 Å². The van der Waals surface area contributed by atoms with Gasteiger partial charge in [0.25, 0.3) is 0 Å². The molecule has 94 valence electrons. The highest BCUT2D eigenvalue weighted by molar-refractivity contribution is 9.10. The predicted molar refractivity (Wildman–Crippen MR) is 67.9 cm³/mol. The Bertz CT molecular complexity index is 391. The largest absolute Gasteiger partial charge is 0.506 e. The highest BCUT2D eigenvalue weighted by atomic mass is 79.9. The van der Waals surface area contributed by atoms with Crippen molar-refractivity contribution in [3.63, 3.8) is 0 Å². The molecule has 1 saturated heterocycles. The molecular weight excluding hydrogens is 286 g/mol. The molecule has 1 unspecified atom stereocenters. The van der Waals surface area contributed by atoms with Crippen LogP contribution in [0.3, 0.4) is 0 Å². The van der Waals surface area contributed by atoms with Crippen molar-refractivity contribution in [2.24, 2.45) is 0 Å². The molecule has 1 atom stereocenters. The first-order valence-corrected chi connectivity index (χ1v) is 6.37. The van der Waals surface area contributed by atoms with Crippen LogP contribution >= 0.6 is 15.9 Å². The number of ether oxygens (including phenoxy) is 1. The van der Waals surface area contributed by atoms with Crippen LogP contribution in [0.5, 0.6) is 5.75 Å². The summed E-state index contributed by atoms with van der Waals surface area (Å²) in [4.78, 5) is 0. The van der Waals surface area contributed by atoms with Gasteiger partial charge in [-0.3, -0.25) is 0 Å². The van der Waals surface area contributed by atoms with Crippen molar-refractivity contribution < 1.29 is 14.9 Å². The van der Waals surface area contributed by atoms with Crippen LogP contribution in [0.15, 0.2) is 22.7 Å². The van der Waals surface area contributed by atoms with Crippen molar-refractivity contribution in [2.45, 2.75) is 18.6 Å². The van der Waals surface area contributed by atoms with Gasteiger partial charge in [0.1, 0.15) is 11.4 Å². The lowest BCUT2D eigenvalue weighted by Gasteiger charge is -2.20. The standard InChI is InChI=1S/C12H16BrNO3/c13-10-3-1-2-9(11(10)15)6-14-7-12(16)4-5-17-8-12/h1-3,14-16H,4-8H2. The van der Waals surface area contributed by atoms with Crippen molar-refractivity contribution in [3.8, 4) is 5.75 Å². The van der Waals surface area contributed by atoms with Gasteiger partial charge in [0.05, 0.1) is 11.1 Å². The van der Waals surface area contributed by atoms with E-state index in [0.717, 1.165) is 5.56 Å². The lowest BCUT2D eigenvalue weighted by atomic mass is 10.0. The van der Waals surface area contributed by atoms with Crippen molar-refractivity contribution in [2.75, 3.05) is 19.8 Å². The van der Waals surface area contributed by atoms with Gasteiger partial charge in [-0.1, -0.05) is 12.1 Å². The Labute approximate surface area is 109 Å². The molecule has 0 radical (unpaired) electrons. The maximum Gasteiger partial charge on any atom is 0.134 e. The molecule has 1 fully saturated rings. The minimum atomic E-state index is -0.762. The average molecular weight is 302 g/mol. The zero-order chi connectivity index (χ0) is 12.3. The number of phenols is 1. The fourth-order valence-corrected chi connectivity index (χ4v) is 2.28. The molecule has 0 aliphatic carbocycles. The molecule has 0 saturated carbocycles. The molecule has 2 rings (SSSR count). The van der Waals surface area contributed by atoms with Gasteiger partial charge in [0.2, 0.25) is 0 Å². The number of halogens is 1. The number of hydrogen-bond donors (Lipinski definition) is 3. The summed E-state index contributed by atoms with van der Waals surface area (Å²) in [5.41, 5.74) is 0.0450. The van der Waals surface area contributed by atoms with Gasteiger partial charge in [-0.15, -0.1) is 0 Å². The van der Waals surface area contributed by atoms with E-state index < -0.39 is 5.60 Å². The fraction of sp³-hybridized carbons (Fsp3) is 0.500. The van der Waals surface area contributed by atoms with E-state index in [1.807, 2.05) is 12.1 Å². The van der Waals surface area contributed by atoms with E-state index in [0.29, 0.717) is 37.2 Å². The lowest BCUT2D eigenvalue weighted by molar-refractivity contribution is 0.0268. The number of aliphatic hydroxyl groups is 1. The highest BCUT2D eigenvalue weighted by Gasteiger charge is 2.31. The van der Waals surface area contributed by atoms with Gasteiger partial charge < -0.3 is 20.3 Å². The quantitative estimate of drug-likeness (QED) is 0.787. The monoisotopic (exact) mass is 301 g/mol. The summed E-state index contributed by atoms with van der Waals surface area (Å²) in [6, 6.07) is 5.51. The molecule has 1 aliphatic heterocycles. The first-order valence-electron chi connectivity index (χ1n) is 5.58. The minimum Gasteiger partial charge on any atom is -0.506 e. The van der Waals surface area contributed by atoms with E-state index in [2.05, 4.69) is 21.2 Å². The SMILES string of the molecule is Oc1c(Br)cccc1CNCC1(O)CCOC1. The molecular formula is C12H16BrNO3.